The highest BCUT2D eigenvalue weighted by molar-refractivity contribution is 5.91. The normalized spacial score (nSPS) is 10.2. The Balaban J connectivity index is 2.34. The first kappa shape index (κ1) is 20.0. The maximum Gasteiger partial charge on any atom is 0.239 e. The van der Waals surface area contributed by atoms with Gasteiger partial charge in [-0.2, -0.15) is 0 Å². The van der Waals surface area contributed by atoms with Crippen molar-refractivity contribution in [1.29, 1.82) is 0 Å². The smallest absolute Gasteiger partial charge is 0.239 e. The maximum absolute atomic E-state index is 11.8. The summed E-state index contributed by atoms with van der Waals surface area (Å²) in [7, 11) is 1.64. The van der Waals surface area contributed by atoms with E-state index in [9.17, 15) is 9.59 Å². The Bertz CT molecular complexity index is 506. The minimum atomic E-state index is -0.0693. The average molecular weight is 335 g/mol. The fourth-order valence-electron chi connectivity index (χ4n) is 2.16. The maximum atomic E-state index is 11.8. The molecule has 0 bridgehead atoms. The lowest BCUT2D eigenvalue weighted by Crippen LogP contribution is -2.31. The van der Waals surface area contributed by atoms with Crippen LogP contribution < -0.4 is 16.0 Å². The Labute approximate surface area is 144 Å². The molecule has 0 heterocycles. The molecule has 0 aliphatic rings. The van der Waals surface area contributed by atoms with E-state index in [1.54, 1.807) is 7.11 Å². The van der Waals surface area contributed by atoms with Crippen LogP contribution in [0.25, 0.3) is 0 Å². The van der Waals surface area contributed by atoms with Crippen LogP contribution in [0.2, 0.25) is 0 Å². The van der Waals surface area contributed by atoms with Crippen molar-refractivity contribution < 1.29 is 14.3 Å². The molecule has 24 heavy (non-hydrogen) atoms. The predicted octanol–water partition coefficient (Wildman–Crippen LogP) is 2.77. The topological polar surface area (TPSA) is 79.5 Å². The van der Waals surface area contributed by atoms with Gasteiger partial charge in [0.25, 0.3) is 0 Å². The molecule has 1 aromatic rings. The zero-order valence-corrected chi connectivity index (χ0v) is 14.7. The molecule has 0 radical (unpaired) electrons. The summed E-state index contributed by atoms with van der Waals surface area (Å²) >= 11 is 0. The summed E-state index contributed by atoms with van der Waals surface area (Å²) in [4.78, 5) is 23.5. The number of ether oxygens (including phenoxy) is 1. The molecule has 3 N–H and O–H groups in total. The highest BCUT2D eigenvalue weighted by atomic mass is 16.5. The van der Waals surface area contributed by atoms with E-state index in [1.807, 2.05) is 24.3 Å². The molecule has 0 spiro atoms. The first-order valence-corrected chi connectivity index (χ1v) is 8.55. The molecule has 0 saturated carbocycles. The molecular formula is C18H29N3O3. The highest BCUT2D eigenvalue weighted by Crippen LogP contribution is 2.15. The van der Waals surface area contributed by atoms with E-state index in [1.165, 1.54) is 0 Å². The van der Waals surface area contributed by atoms with Crippen LogP contribution >= 0.6 is 0 Å². The molecule has 6 nitrogen and oxygen atoms in total. The Morgan fingerprint density at radius 3 is 2.62 bits per heavy atom. The molecule has 2 amide bonds. The van der Waals surface area contributed by atoms with Crippen molar-refractivity contribution in [2.75, 3.05) is 37.4 Å². The SMILES string of the molecule is CCCCCC(=O)Nc1cccc(NCC(=O)NCCCOC)c1. The number of hydrogen-bond donors (Lipinski definition) is 3. The van der Waals surface area contributed by atoms with Gasteiger partial charge in [0, 0.05) is 38.1 Å². The zero-order valence-electron chi connectivity index (χ0n) is 14.7. The fraction of sp³-hybridized carbons (Fsp3) is 0.556. The van der Waals surface area contributed by atoms with E-state index in [0.717, 1.165) is 37.1 Å². The van der Waals surface area contributed by atoms with Crippen LogP contribution in [0, 0.1) is 0 Å². The molecule has 0 aliphatic heterocycles. The zero-order chi connectivity index (χ0) is 17.6. The Hall–Kier alpha value is -2.08. The van der Waals surface area contributed by atoms with E-state index in [0.29, 0.717) is 19.6 Å². The van der Waals surface area contributed by atoms with Crippen molar-refractivity contribution in [3.63, 3.8) is 0 Å². The molecule has 1 rings (SSSR count). The second-order valence-electron chi connectivity index (χ2n) is 5.64. The molecule has 0 aromatic heterocycles. The molecular weight excluding hydrogens is 306 g/mol. The van der Waals surface area contributed by atoms with Crippen molar-refractivity contribution in [2.24, 2.45) is 0 Å². The number of rotatable bonds is 12. The van der Waals surface area contributed by atoms with Gasteiger partial charge in [0.2, 0.25) is 11.8 Å². The van der Waals surface area contributed by atoms with E-state index in [2.05, 4.69) is 22.9 Å². The lowest BCUT2D eigenvalue weighted by molar-refractivity contribution is -0.119. The molecule has 0 saturated heterocycles. The van der Waals surface area contributed by atoms with Crippen molar-refractivity contribution in [1.82, 2.24) is 5.32 Å². The Morgan fingerprint density at radius 1 is 1.08 bits per heavy atom. The van der Waals surface area contributed by atoms with Gasteiger partial charge in [0.15, 0.2) is 0 Å². The number of unbranched alkanes of at least 4 members (excludes halogenated alkanes) is 2. The summed E-state index contributed by atoms with van der Waals surface area (Å²) in [6.45, 7) is 3.54. The number of methoxy groups -OCH3 is 1. The summed E-state index contributed by atoms with van der Waals surface area (Å²) in [5.41, 5.74) is 1.54. The molecule has 1 aromatic carbocycles. The minimum Gasteiger partial charge on any atom is -0.385 e. The highest BCUT2D eigenvalue weighted by Gasteiger charge is 2.04. The summed E-state index contributed by atoms with van der Waals surface area (Å²) in [6, 6.07) is 7.38. The first-order valence-electron chi connectivity index (χ1n) is 8.55. The number of anilines is 2. The predicted molar refractivity (Wildman–Crippen MR) is 97.2 cm³/mol. The van der Waals surface area contributed by atoms with Crippen molar-refractivity contribution in [2.45, 2.75) is 39.0 Å². The minimum absolute atomic E-state index is 0.0245. The molecule has 0 aliphatic carbocycles. The lowest BCUT2D eigenvalue weighted by atomic mass is 10.2. The standard InChI is InChI=1S/C18H29N3O3/c1-3-4-5-10-17(22)21-16-9-6-8-15(13-16)20-14-18(23)19-11-7-12-24-2/h6,8-9,13,20H,3-5,7,10-12,14H2,1-2H3,(H,19,23)(H,21,22). The Morgan fingerprint density at radius 2 is 1.88 bits per heavy atom. The van der Waals surface area contributed by atoms with Crippen molar-refractivity contribution in [3.05, 3.63) is 24.3 Å². The van der Waals surface area contributed by atoms with Crippen LogP contribution in [0.5, 0.6) is 0 Å². The molecule has 6 heteroatoms. The molecule has 134 valence electrons. The van der Waals surface area contributed by atoms with Gasteiger partial charge in [-0.3, -0.25) is 9.59 Å². The number of nitrogens with one attached hydrogen (secondary N) is 3. The van der Waals surface area contributed by atoms with Crippen LogP contribution in [-0.2, 0) is 14.3 Å². The van der Waals surface area contributed by atoms with E-state index >= 15 is 0 Å². The van der Waals surface area contributed by atoms with E-state index < -0.39 is 0 Å². The lowest BCUT2D eigenvalue weighted by Gasteiger charge is -2.10. The Kier molecular flexibility index (Phi) is 10.3. The van der Waals surface area contributed by atoms with Gasteiger partial charge < -0.3 is 20.7 Å². The van der Waals surface area contributed by atoms with Crippen LogP contribution in [0.4, 0.5) is 11.4 Å². The number of benzene rings is 1. The summed E-state index contributed by atoms with van der Waals surface area (Å²) in [5, 5.41) is 8.75. The van der Waals surface area contributed by atoms with Gasteiger partial charge >= 0.3 is 0 Å². The van der Waals surface area contributed by atoms with Gasteiger partial charge in [-0.1, -0.05) is 25.8 Å². The van der Waals surface area contributed by atoms with Gasteiger partial charge in [0.05, 0.1) is 6.54 Å². The quantitative estimate of drug-likeness (QED) is 0.513. The van der Waals surface area contributed by atoms with Gasteiger partial charge in [0.1, 0.15) is 0 Å². The summed E-state index contributed by atoms with van der Waals surface area (Å²) in [6.07, 6.45) is 4.40. The second kappa shape index (κ2) is 12.4. The van der Waals surface area contributed by atoms with Gasteiger partial charge in [-0.15, -0.1) is 0 Å². The number of amides is 2. The molecule has 0 fully saturated rings. The first-order chi connectivity index (χ1) is 11.7. The third kappa shape index (κ3) is 9.15. The second-order valence-corrected chi connectivity index (χ2v) is 5.64. The van der Waals surface area contributed by atoms with Crippen LogP contribution in [0.3, 0.4) is 0 Å². The summed E-state index contributed by atoms with van der Waals surface area (Å²) < 4.78 is 4.93. The van der Waals surface area contributed by atoms with Gasteiger partial charge in [-0.05, 0) is 31.0 Å². The summed E-state index contributed by atoms with van der Waals surface area (Å²) in [5.74, 6) is -0.0448. The molecule has 0 atom stereocenters. The third-order valence-electron chi connectivity index (χ3n) is 3.45. The van der Waals surface area contributed by atoms with Crippen LogP contribution in [-0.4, -0.2) is 38.6 Å². The van der Waals surface area contributed by atoms with Crippen molar-refractivity contribution >= 4 is 23.2 Å². The van der Waals surface area contributed by atoms with Gasteiger partial charge in [-0.25, -0.2) is 0 Å². The monoisotopic (exact) mass is 335 g/mol. The number of hydrogen-bond acceptors (Lipinski definition) is 4. The average Bonchev–Trinajstić information content (AvgIpc) is 2.57. The number of carbonyl (C=O) groups excluding carboxylic acids is 2. The fourth-order valence-corrected chi connectivity index (χ4v) is 2.16. The van der Waals surface area contributed by atoms with E-state index in [4.69, 9.17) is 4.74 Å². The van der Waals surface area contributed by atoms with Crippen LogP contribution in [0.1, 0.15) is 39.0 Å². The van der Waals surface area contributed by atoms with Crippen LogP contribution in [0.15, 0.2) is 24.3 Å². The third-order valence-corrected chi connectivity index (χ3v) is 3.45. The largest absolute Gasteiger partial charge is 0.385 e. The van der Waals surface area contributed by atoms with Crippen molar-refractivity contribution in [3.8, 4) is 0 Å². The number of carbonyl (C=O) groups is 2. The molecule has 0 unspecified atom stereocenters. The van der Waals surface area contributed by atoms with E-state index in [-0.39, 0.29) is 18.4 Å².